The second kappa shape index (κ2) is 8.09. The Morgan fingerprint density at radius 3 is 1.46 bits per heavy atom. The van der Waals surface area contributed by atoms with E-state index in [1.54, 1.807) is 6.92 Å². The van der Waals surface area contributed by atoms with E-state index in [1.165, 1.54) is 0 Å². The number of carbonyl (C=O) groups is 1. The van der Waals surface area contributed by atoms with Crippen molar-refractivity contribution in [1.82, 2.24) is 0 Å². The average molecular weight is 188 g/mol. The third-order valence-corrected chi connectivity index (χ3v) is 1.25. The Bertz CT molecular complexity index is 125. The Morgan fingerprint density at radius 2 is 1.38 bits per heavy atom. The molecule has 80 valence electrons. The first-order valence-electron chi connectivity index (χ1n) is 5.00. The summed E-state index contributed by atoms with van der Waals surface area (Å²) in [5.41, 5.74) is 0. The van der Waals surface area contributed by atoms with Gasteiger partial charge in [-0.3, -0.25) is 4.79 Å². The van der Waals surface area contributed by atoms with E-state index in [1.807, 2.05) is 13.8 Å². The summed E-state index contributed by atoms with van der Waals surface area (Å²) in [6.07, 6.45) is 0.773. The maximum atomic E-state index is 10.2. The van der Waals surface area contributed by atoms with Crippen LogP contribution in [0.25, 0.3) is 0 Å². The second-order valence-corrected chi connectivity index (χ2v) is 4.60. The highest BCUT2D eigenvalue weighted by Gasteiger charge is 2.11. The first-order chi connectivity index (χ1) is 5.77. The molecule has 2 nitrogen and oxygen atoms in total. The molecule has 0 fully saturated rings. The average Bonchev–Trinajstić information content (AvgIpc) is 1.83. The predicted octanol–water partition coefficient (Wildman–Crippen LogP) is 3.42. The lowest BCUT2D eigenvalue weighted by Gasteiger charge is -2.07. The molecule has 1 N–H and O–H groups in total. The molecule has 0 saturated carbocycles. The lowest BCUT2D eigenvalue weighted by Crippen LogP contribution is -2.11. The highest BCUT2D eigenvalue weighted by Crippen LogP contribution is 2.09. The van der Waals surface area contributed by atoms with Crippen molar-refractivity contribution < 1.29 is 9.90 Å². The van der Waals surface area contributed by atoms with E-state index in [4.69, 9.17) is 5.11 Å². The standard InChI is InChI=1S/C7H14O2.C4H10/c1-5(2)4-6(3)7(8)9;1-4(2)3/h5-6H,4H2,1-3H3,(H,8,9);4H,1-3H3. The van der Waals surface area contributed by atoms with Gasteiger partial charge >= 0.3 is 5.97 Å². The van der Waals surface area contributed by atoms with Gasteiger partial charge < -0.3 is 5.11 Å². The molecule has 1 atom stereocenters. The molecule has 0 spiro atoms. The maximum Gasteiger partial charge on any atom is 0.306 e. The van der Waals surface area contributed by atoms with Crippen LogP contribution in [-0.4, -0.2) is 11.1 Å². The van der Waals surface area contributed by atoms with Gasteiger partial charge in [-0.2, -0.15) is 0 Å². The van der Waals surface area contributed by atoms with Crippen LogP contribution in [0, 0.1) is 17.8 Å². The van der Waals surface area contributed by atoms with Gasteiger partial charge in [0.15, 0.2) is 0 Å². The topological polar surface area (TPSA) is 37.3 Å². The summed E-state index contributed by atoms with van der Waals surface area (Å²) in [4.78, 5) is 10.2. The fourth-order valence-corrected chi connectivity index (χ4v) is 0.808. The van der Waals surface area contributed by atoms with Gasteiger partial charge in [0.2, 0.25) is 0 Å². The summed E-state index contributed by atoms with van der Waals surface area (Å²) < 4.78 is 0. The van der Waals surface area contributed by atoms with Gasteiger partial charge in [-0.15, -0.1) is 0 Å². The fraction of sp³-hybridized carbons (Fsp3) is 0.909. The van der Waals surface area contributed by atoms with Crippen LogP contribution in [-0.2, 0) is 4.79 Å². The maximum absolute atomic E-state index is 10.2. The number of hydrogen-bond acceptors (Lipinski definition) is 1. The normalized spacial score (nSPS) is 12.3. The molecule has 0 rings (SSSR count). The summed E-state index contributed by atoms with van der Waals surface area (Å²) in [5, 5.41) is 8.43. The quantitative estimate of drug-likeness (QED) is 0.737. The number of carboxylic acids is 1. The van der Waals surface area contributed by atoms with Crippen molar-refractivity contribution in [2.75, 3.05) is 0 Å². The molecule has 2 heteroatoms. The molecule has 0 aromatic carbocycles. The second-order valence-electron chi connectivity index (χ2n) is 4.60. The van der Waals surface area contributed by atoms with Gasteiger partial charge in [-0.25, -0.2) is 0 Å². The van der Waals surface area contributed by atoms with Gasteiger partial charge in [0.25, 0.3) is 0 Å². The minimum absolute atomic E-state index is 0.190. The molecule has 13 heavy (non-hydrogen) atoms. The summed E-state index contributed by atoms with van der Waals surface area (Å²) in [5.74, 6) is 0.435. The molecular weight excluding hydrogens is 164 g/mol. The van der Waals surface area contributed by atoms with Gasteiger partial charge in [-0.05, 0) is 18.3 Å². The van der Waals surface area contributed by atoms with Gasteiger partial charge in [-0.1, -0.05) is 41.5 Å². The fourth-order valence-electron chi connectivity index (χ4n) is 0.808. The van der Waals surface area contributed by atoms with Crippen LogP contribution in [0.5, 0.6) is 0 Å². The van der Waals surface area contributed by atoms with Crippen LogP contribution in [0.4, 0.5) is 0 Å². The highest BCUT2D eigenvalue weighted by atomic mass is 16.4. The first kappa shape index (κ1) is 15.0. The largest absolute Gasteiger partial charge is 0.481 e. The number of aliphatic carboxylic acids is 1. The van der Waals surface area contributed by atoms with Crippen molar-refractivity contribution in [3.8, 4) is 0 Å². The molecule has 0 bridgehead atoms. The molecule has 0 amide bonds. The molecule has 0 heterocycles. The van der Waals surface area contributed by atoms with Crippen LogP contribution < -0.4 is 0 Å². The molecule has 0 aliphatic rings. The van der Waals surface area contributed by atoms with Gasteiger partial charge in [0.1, 0.15) is 0 Å². The zero-order valence-electron chi connectivity index (χ0n) is 9.79. The van der Waals surface area contributed by atoms with Crippen molar-refractivity contribution in [2.24, 2.45) is 17.8 Å². The van der Waals surface area contributed by atoms with Gasteiger partial charge in [0.05, 0.1) is 5.92 Å². The molecule has 0 aliphatic heterocycles. The van der Waals surface area contributed by atoms with Crippen molar-refractivity contribution in [1.29, 1.82) is 0 Å². The van der Waals surface area contributed by atoms with E-state index in [0.717, 1.165) is 12.3 Å². The Balaban J connectivity index is 0. The number of hydrogen-bond donors (Lipinski definition) is 1. The molecule has 1 unspecified atom stereocenters. The molecule has 0 radical (unpaired) electrons. The van der Waals surface area contributed by atoms with Crippen molar-refractivity contribution in [3.05, 3.63) is 0 Å². The Labute approximate surface area is 82.4 Å². The van der Waals surface area contributed by atoms with Crippen LogP contribution >= 0.6 is 0 Å². The van der Waals surface area contributed by atoms with E-state index >= 15 is 0 Å². The molecule has 0 saturated heterocycles. The minimum Gasteiger partial charge on any atom is -0.481 e. The van der Waals surface area contributed by atoms with E-state index in [2.05, 4.69) is 20.8 Å². The van der Waals surface area contributed by atoms with Gasteiger partial charge in [0, 0.05) is 0 Å². The third kappa shape index (κ3) is 18.4. The van der Waals surface area contributed by atoms with Crippen molar-refractivity contribution in [3.63, 3.8) is 0 Å². The lowest BCUT2D eigenvalue weighted by atomic mass is 9.99. The predicted molar refractivity (Wildman–Crippen MR) is 56.8 cm³/mol. The molecule has 0 aliphatic carbocycles. The summed E-state index contributed by atoms with van der Waals surface area (Å²) in [6.45, 7) is 12.3. The third-order valence-electron chi connectivity index (χ3n) is 1.25. The lowest BCUT2D eigenvalue weighted by molar-refractivity contribution is -0.141. The Morgan fingerprint density at radius 1 is 1.08 bits per heavy atom. The van der Waals surface area contributed by atoms with Crippen LogP contribution in [0.3, 0.4) is 0 Å². The first-order valence-corrected chi connectivity index (χ1v) is 5.00. The smallest absolute Gasteiger partial charge is 0.306 e. The highest BCUT2D eigenvalue weighted by molar-refractivity contribution is 5.69. The molecular formula is C11H24O2. The van der Waals surface area contributed by atoms with Crippen LogP contribution in [0.15, 0.2) is 0 Å². The minimum atomic E-state index is -0.691. The van der Waals surface area contributed by atoms with Crippen molar-refractivity contribution in [2.45, 2.75) is 48.0 Å². The number of rotatable bonds is 3. The summed E-state index contributed by atoms with van der Waals surface area (Å²) in [6, 6.07) is 0. The van der Waals surface area contributed by atoms with Crippen LogP contribution in [0.1, 0.15) is 48.0 Å². The zero-order valence-corrected chi connectivity index (χ0v) is 9.79. The summed E-state index contributed by atoms with van der Waals surface area (Å²) >= 11 is 0. The van der Waals surface area contributed by atoms with E-state index < -0.39 is 5.97 Å². The summed E-state index contributed by atoms with van der Waals surface area (Å²) in [7, 11) is 0. The number of carboxylic acid groups (broad SMARTS) is 1. The zero-order chi connectivity index (χ0) is 11.0. The van der Waals surface area contributed by atoms with E-state index in [-0.39, 0.29) is 5.92 Å². The SMILES string of the molecule is CC(C)C.CC(C)CC(C)C(=O)O. The van der Waals surface area contributed by atoms with E-state index in [9.17, 15) is 4.79 Å². The Hall–Kier alpha value is -0.530. The van der Waals surface area contributed by atoms with Crippen LogP contribution in [0.2, 0.25) is 0 Å². The van der Waals surface area contributed by atoms with Crippen molar-refractivity contribution >= 4 is 5.97 Å². The van der Waals surface area contributed by atoms with E-state index in [0.29, 0.717) is 5.92 Å². The molecule has 0 aromatic heterocycles. The molecule has 0 aromatic rings. The Kier molecular flexibility index (Phi) is 9.31. The monoisotopic (exact) mass is 188 g/mol.